The largest absolute Gasteiger partial charge is 0.339 e. The van der Waals surface area contributed by atoms with Crippen LogP contribution < -0.4 is 0 Å². The lowest BCUT2D eigenvalue weighted by Gasteiger charge is -2.39. The van der Waals surface area contributed by atoms with Crippen molar-refractivity contribution in [2.45, 2.75) is 13.0 Å². The minimum atomic E-state index is 0.0930. The van der Waals surface area contributed by atoms with Crippen LogP contribution in [0.4, 0.5) is 0 Å². The molecule has 0 aromatic carbocycles. The summed E-state index contributed by atoms with van der Waals surface area (Å²) in [6.45, 7) is 4.47. The molecule has 0 aliphatic carbocycles. The number of aromatic nitrogens is 2. The number of hydrogen-bond acceptors (Lipinski definition) is 4. The van der Waals surface area contributed by atoms with Crippen molar-refractivity contribution >= 4 is 17.7 Å². The molecule has 6 heteroatoms. The smallest absolute Gasteiger partial charge is 0.226 e. The normalized spacial score (nSPS) is 22.0. The van der Waals surface area contributed by atoms with E-state index < -0.39 is 0 Å². The number of imidazole rings is 1. The molecule has 1 saturated heterocycles. The molecule has 112 valence electrons. The van der Waals surface area contributed by atoms with Crippen LogP contribution in [0, 0.1) is 5.92 Å². The van der Waals surface area contributed by atoms with E-state index in [1.165, 1.54) is 0 Å². The molecule has 2 atom stereocenters. The highest BCUT2D eigenvalue weighted by Gasteiger charge is 2.32. The Bertz CT molecular complexity index is 462. The van der Waals surface area contributed by atoms with Crippen molar-refractivity contribution in [3.63, 3.8) is 0 Å². The highest BCUT2D eigenvalue weighted by Crippen LogP contribution is 2.23. The Hall–Kier alpha value is -1.01. The Morgan fingerprint density at radius 1 is 1.50 bits per heavy atom. The van der Waals surface area contributed by atoms with E-state index in [1.54, 1.807) is 11.8 Å². The molecule has 2 heterocycles. The van der Waals surface area contributed by atoms with Gasteiger partial charge < -0.3 is 9.47 Å². The summed E-state index contributed by atoms with van der Waals surface area (Å²) in [6.07, 6.45) is 5.82. The molecule has 0 spiro atoms. The molecule has 1 fully saturated rings. The van der Waals surface area contributed by atoms with Gasteiger partial charge in [0.2, 0.25) is 5.91 Å². The Morgan fingerprint density at radius 2 is 2.25 bits per heavy atom. The summed E-state index contributed by atoms with van der Waals surface area (Å²) >= 11 is 1.73. The lowest BCUT2D eigenvalue weighted by molar-refractivity contribution is -0.137. The number of hydrogen-bond donors (Lipinski definition) is 0. The zero-order valence-electron chi connectivity index (χ0n) is 12.7. The van der Waals surface area contributed by atoms with E-state index in [9.17, 15) is 4.79 Å². The number of likely N-dealkylation sites (N-methyl/N-ethyl adjacent to an activating group) is 1. The maximum atomic E-state index is 12.5. The second-order valence-electron chi connectivity index (χ2n) is 5.53. The molecule has 0 saturated carbocycles. The van der Waals surface area contributed by atoms with Crippen LogP contribution in [0.1, 0.15) is 18.8 Å². The highest BCUT2D eigenvalue weighted by molar-refractivity contribution is 7.98. The standard InChI is InChI=1S/C14H24N4OS/c1-11(10-20-4)14(19)18-8-7-16(2)12(9-18)13-15-5-6-17(13)3/h5-6,11-12H,7-10H2,1-4H3/t11-,12-/m1/s1. The van der Waals surface area contributed by atoms with Crippen molar-refractivity contribution in [3.8, 4) is 0 Å². The predicted molar refractivity (Wildman–Crippen MR) is 82.7 cm³/mol. The van der Waals surface area contributed by atoms with E-state index >= 15 is 0 Å². The number of rotatable bonds is 4. The van der Waals surface area contributed by atoms with E-state index in [-0.39, 0.29) is 17.9 Å². The maximum Gasteiger partial charge on any atom is 0.226 e. The molecule has 1 aromatic heterocycles. The lowest BCUT2D eigenvalue weighted by Crippen LogP contribution is -2.51. The van der Waals surface area contributed by atoms with Crippen LogP contribution in [0.3, 0.4) is 0 Å². The van der Waals surface area contributed by atoms with Crippen LogP contribution in [0.2, 0.25) is 0 Å². The van der Waals surface area contributed by atoms with Crippen molar-refractivity contribution in [3.05, 3.63) is 18.2 Å². The lowest BCUT2D eigenvalue weighted by atomic mass is 10.1. The summed E-state index contributed by atoms with van der Waals surface area (Å²) in [4.78, 5) is 21.2. The highest BCUT2D eigenvalue weighted by atomic mass is 32.2. The van der Waals surface area contributed by atoms with Crippen LogP contribution in [0.5, 0.6) is 0 Å². The SMILES string of the molecule is CSC[C@@H](C)C(=O)N1CCN(C)[C@@H](c2nccn2C)C1. The fourth-order valence-corrected chi connectivity index (χ4v) is 3.33. The van der Waals surface area contributed by atoms with Crippen molar-refractivity contribution in [2.75, 3.05) is 38.7 Å². The summed E-state index contributed by atoms with van der Waals surface area (Å²) in [7, 11) is 4.11. The fraction of sp³-hybridized carbons (Fsp3) is 0.714. The number of thioether (sulfide) groups is 1. The predicted octanol–water partition coefficient (Wildman–Crippen LogP) is 1.23. The molecule has 5 nitrogen and oxygen atoms in total. The molecule has 0 unspecified atom stereocenters. The average Bonchev–Trinajstić information content (AvgIpc) is 2.85. The van der Waals surface area contributed by atoms with Gasteiger partial charge in [-0.15, -0.1) is 0 Å². The zero-order chi connectivity index (χ0) is 14.7. The molecule has 0 N–H and O–H groups in total. The summed E-state index contributed by atoms with van der Waals surface area (Å²) in [5.41, 5.74) is 0. The minimum Gasteiger partial charge on any atom is -0.339 e. The summed E-state index contributed by atoms with van der Waals surface area (Å²) in [5, 5.41) is 0. The van der Waals surface area contributed by atoms with Gasteiger partial charge in [-0.25, -0.2) is 4.98 Å². The van der Waals surface area contributed by atoms with Gasteiger partial charge in [0.05, 0.1) is 6.04 Å². The third-order valence-electron chi connectivity index (χ3n) is 3.95. The Labute approximate surface area is 125 Å². The van der Waals surface area contributed by atoms with E-state index in [0.29, 0.717) is 0 Å². The number of carbonyl (C=O) groups excluding carboxylic acids is 1. The molecule has 1 aliphatic heterocycles. The van der Waals surface area contributed by atoms with Crippen LogP contribution in [0.25, 0.3) is 0 Å². The molecule has 0 radical (unpaired) electrons. The van der Waals surface area contributed by atoms with E-state index in [0.717, 1.165) is 31.2 Å². The molecule has 20 heavy (non-hydrogen) atoms. The number of piperazine rings is 1. The molecule has 1 aromatic rings. The van der Waals surface area contributed by atoms with Gasteiger partial charge >= 0.3 is 0 Å². The first-order chi connectivity index (χ1) is 9.54. The van der Waals surface area contributed by atoms with Crippen molar-refractivity contribution in [1.29, 1.82) is 0 Å². The molecule has 2 rings (SSSR count). The van der Waals surface area contributed by atoms with Crippen molar-refractivity contribution in [2.24, 2.45) is 13.0 Å². The van der Waals surface area contributed by atoms with E-state index in [1.807, 2.05) is 42.1 Å². The van der Waals surface area contributed by atoms with Gasteiger partial charge in [-0.3, -0.25) is 9.69 Å². The van der Waals surface area contributed by atoms with Gasteiger partial charge in [-0.2, -0.15) is 11.8 Å². The first-order valence-corrected chi connectivity index (χ1v) is 8.39. The van der Waals surface area contributed by atoms with E-state index in [4.69, 9.17) is 0 Å². The van der Waals surface area contributed by atoms with Crippen molar-refractivity contribution in [1.82, 2.24) is 19.4 Å². The maximum absolute atomic E-state index is 12.5. The number of carbonyl (C=O) groups is 1. The van der Waals surface area contributed by atoms with Crippen LogP contribution in [-0.2, 0) is 11.8 Å². The van der Waals surface area contributed by atoms with Crippen LogP contribution in [-0.4, -0.2) is 63.9 Å². The van der Waals surface area contributed by atoms with Crippen LogP contribution in [0.15, 0.2) is 12.4 Å². The summed E-state index contributed by atoms with van der Waals surface area (Å²) in [5.74, 6) is 2.28. The van der Waals surface area contributed by atoms with Gasteiger partial charge in [0, 0.05) is 50.7 Å². The third kappa shape index (κ3) is 3.17. The van der Waals surface area contributed by atoms with Gasteiger partial charge in [-0.1, -0.05) is 6.92 Å². The second kappa shape index (κ2) is 6.63. The fourth-order valence-electron chi connectivity index (χ4n) is 2.68. The first-order valence-electron chi connectivity index (χ1n) is 6.99. The topological polar surface area (TPSA) is 41.4 Å². The Balaban J connectivity index is 2.08. The van der Waals surface area contributed by atoms with Crippen LogP contribution >= 0.6 is 11.8 Å². The average molecular weight is 296 g/mol. The monoisotopic (exact) mass is 296 g/mol. The first kappa shape index (κ1) is 15.4. The Morgan fingerprint density at radius 3 is 2.85 bits per heavy atom. The quantitative estimate of drug-likeness (QED) is 0.838. The molecular weight excluding hydrogens is 272 g/mol. The van der Waals surface area contributed by atoms with E-state index in [2.05, 4.69) is 16.9 Å². The van der Waals surface area contributed by atoms with Gasteiger partial charge in [0.25, 0.3) is 0 Å². The second-order valence-corrected chi connectivity index (χ2v) is 6.44. The molecule has 0 bridgehead atoms. The van der Waals surface area contributed by atoms with Gasteiger partial charge in [0.1, 0.15) is 5.82 Å². The van der Waals surface area contributed by atoms with Gasteiger partial charge in [0.15, 0.2) is 0 Å². The van der Waals surface area contributed by atoms with Crippen molar-refractivity contribution < 1.29 is 4.79 Å². The molecular formula is C14H24N4OS. The number of amides is 1. The molecule has 1 aliphatic rings. The third-order valence-corrected chi connectivity index (χ3v) is 4.79. The summed E-state index contributed by atoms with van der Waals surface area (Å²) < 4.78 is 2.04. The zero-order valence-corrected chi connectivity index (χ0v) is 13.6. The number of nitrogens with zero attached hydrogens (tertiary/aromatic N) is 4. The number of aryl methyl sites for hydroxylation is 1. The Kier molecular flexibility index (Phi) is 5.10. The minimum absolute atomic E-state index is 0.0930. The van der Waals surface area contributed by atoms with Gasteiger partial charge in [-0.05, 0) is 13.3 Å². The summed E-state index contributed by atoms with van der Waals surface area (Å²) in [6, 6.07) is 0.189. The molecule has 1 amide bonds.